The fourth-order valence-electron chi connectivity index (χ4n) is 1.86. The van der Waals surface area contributed by atoms with Crippen LogP contribution in [-0.4, -0.2) is 11.4 Å². The summed E-state index contributed by atoms with van der Waals surface area (Å²) in [4.78, 5) is 11.0. The molecule has 0 N–H and O–H groups in total. The molecule has 0 saturated carbocycles. The Morgan fingerprint density at radius 1 is 0.812 bits per heavy atom. The third-order valence-electron chi connectivity index (χ3n) is 2.96. The van der Waals surface area contributed by atoms with Crippen LogP contribution < -0.4 is 0 Å². The summed E-state index contributed by atoms with van der Waals surface area (Å²) in [5, 5.41) is 0.347. The Hall–Kier alpha value is 0.0200. The molecule has 0 heterocycles. The van der Waals surface area contributed by atoms with Gasteiger partial charge in [-0.2, -0.15) is 0 Å². The first-order chi connectivity index (χ1) is 7.81. The van der Waals surface area contributed by atoms with Crippen molar-refractivity contribution in [1.29, 1.82) is 0 Å². The van der Waals surface area contributed by atoms with Crippen LogP contribution in [0.25, 0.3) is 0 Å². The summed E-state index contributed by atoms with van der Waals surface area (Å²) in [5.74, 6) is 0. The van der Waals surface area contributed by atoms with E-state index in [-0.39, 0.29) is 0 Å². The van der Waals surface area contributed by atoms with Gasteiger partial charge in [0.05, 0.1) is 0 Å². The summed E-state index contributed by atoms with van der Waals surface area (Å²) in [6.45, 7) is 2.26. The van der Waals surface area contributed by atoms with Gasteiger partial charge in [0.15, 0.2) is 5.12 Å². The molecule has 96 valence electrons. The van der Waals surface area contributed by atoms with Gasteiger partial charge < -0.3 is 0 Å². The lowest BCUT2D eigenvalue weighted by atomic mass is 10.1. The lowest BCUT2D eigenvalue weighted by Gasteiger charge is -2.01. The van der Waals surface area contributed by atoms with Crippen LogP contribution in [0.2, 0.25) is 0 Å². The van der Waals surface area contributed by atoms with E-state index in [1.807, 2.05) is 6.26 Å². The summed E-state index contributed by atoms with van der Waals surface area (Å²) in [6, 6.07) is 0. The Bertz CT molecular complexity index is 157. The Kier molecular flexibility index (Phi) is 13.1. The second kappa shape index (κ2) is 13.1. The minimum absolute atomic E-state index is 0.347. The molecular weight excluding hydrogens is 216 g/mol. The summed E-state index contributed by atoms with van der Waals surface area (Å²) in [5.41, 5.74) is 0. The largest absolute Gasteiger partial charge is 0.287 e. The first kappa shape index (κ1) is 16.0. The molecule has 0 saturated heterocycles. The summed E-state index contributed by atoms with van der Waals surface area (Å²) in [7, 11) is 0. The molecule has 0 aromatic rings. The van der Waals surface area contributed by atoms with Crippen LogP contribution >= 0.6 is 11.8 Å². The van der Waals surface area contributed by atoms with E-state index in [9.17, 15) is 4.79 Å². The van der Waals surface area contributed by atoms with Crippen LogP contribution in [0.3, 0.4) is 0 Å². The van der Waals surface area contributed by atoms with Crippen LogP contribution in [0.5, 0.6) is 0 Å². The highest BCUT2D eigenvalue weighted by atomic mass is 32.2. The maximum absolute atomic E-state index is 11.0. The fraction of sp³-hybridized carbons (Fsp3) is 0.929. The Morgan fingerprint density at radius 3 is 1.69 bits per heavy atom. The molecule has 0 aromatic heterocycles. The number of hydrogen-bond acceptors (Lipinski definition) is 2. The highest BCUT2D eigenvalue weighted by molar-refractivity contribution is 8.13. The molecule has 0 unspecified atom stereocenters. The molecule has 16 heavy (non-hydrogen) atoms. The number of carbonyl (C=O) groups is 1. The van der Waals surface area contributed by atoms with Gasteiger partial charge in [-0.3, -0.25) is 4.79 Å². The van der Waals surface area contributed by atoms with Gasteiger partial charge >= 0.3 is 0 Å². The molecule has 1 nitrogen and oxygen atoms in total. The smallest absolute Gasteiger partial charge is 0.188 e. The van der Waals surface area contributed by atoms with Gasteiger partial charge in [-0.05, 0) is 12.7 Å². The zero-order valence-electron chi connectivity index (χ0n) is 11.1. The Balaban J connectivity index is 2.96. The van der Waals surface area contributed by atoms with Gasteiger partial charge in [0, 0.05) is 6.42 Å². The highest BCUT2D eigenvalue weighted by Crippen LogP contribution is 2.12. The molecule has 0 bridgehead atoms. The van der Waals surface area contributed by atoms with E-state index in [1.54, 1.807) is 0 Å². The van der Waals surface area contributed by atoms with Crippen molar-refractivity contribution >= 4 is 16.9 Å². The topological polar surface area (TPSA) is 17.1 Å². The molecule has 0 atom stereocenters. The molecule has 0 radical (unpaired) electrons. The number of unbranched alkanes of at least 4 members (excludes halogenated alkanes) is 9. The van der Waals surface area contributed by atoms with E-state index in [0.717, 1.165) is 12.8 Å². The van der Waals surface area contributed by atoms with Gasteiger partial charge in [-0.25, -0.2) is 0 Å². The number of rotatable bonds is 11. The highest BCUT2D eigenvalue weighted by Gasteiger charge is 1.98. The van der Waals surface area contributed by atoms with E-state index >= 15 is 0 Å². The van der Waals surface area contributed by atoms with Gasteiger partial charge in [-0.1, -0.05) is 76.5 Å². The van der Waals surface area contributed by atoms with E-state index in [0.29, 0.717) is 5.12 Å². The van der Waals surface area contributed by atoms with Crippen molar-refractivity contribution in [2.45, 2.75) is 77.6 Å². The monoisotopic (exact) mass is 244 g/mol. The quantitative estimate of drug-likeness (QED) is 0.465. The van der Waals surface area contributed by atoms with Crippen LogP contribution in [0.4, 0.5) is 0 Å². The van der Waals surface area contributed by atoms with Crippen molar-refractivity contribution in [3.05, 3.63) is 0 Å². The van der Waals surface area contributed by atoms with Crippen LogP contribution in [-0.2, 0) is 4.79 Å². The van der Waals surface area contributed by atoms with Crippen molar-refractivity contribution < 1.29 is 4.79 Å². The molecule has 2 heteroatoms. The van der Waals surface area contributed by atoms with E-state index in [4.69, 9.17) is 0 Å². The lowest BCUT2D eigenvalue weighted by molar-refractivity contribution is -0.111. The van der Waals surface area contributed by atoms with Crippen LogP contribution in [0.15, 0.2) is 0 Å². The second-order valence-electron chi connectivity index (χ2n) is 4.51. The standard InChI is InChI=1S/C14H28OS/c1-3-4-5-6-7-8-9-10-11-12-13-14(15)16-2/h3-13H2,1-2H3. The fourth-order valence-corrected chi connectivity index (χ4v) is 2.21. The van der Waals surface area contributed by atoms with Crippen molar-refractivity contribution in [2.75, 3.05) is 6.26 Å². The number of thioether (sulfide) groups is 1. The maximum Gasteiger partial charge on any atom is 0.188 e. The zero-order chi connectivity index (χ0) is 12.1. The maximum atomic E-state index is 11.0. The minimum Gasteiger partial charge on any atom is -0.287 e. The summed E-state index contributed by atoms with van der Waals surface area (Å²) in [6.07, 6.45) is 16.0. The van der Waals surface area contributed by atoms with Crippen LogP contribution in [0.1, 0.15) is 77.6 Å². The summed E-state index contributed by atoms with van der Waals surface area (Å²) >= 11 is 1.37. The Labute approximate surface area is 106 Å². The van der Waals surface area contributed by atoms with Gasteiger partial charge in [0.1, 0.15) is 0 Å². The molecule has 0 amide bonds. The number of carbonyl (C=O) groups excluding carboxylic acids is 1. The Morgan fingerprint density at radius 2 is 1.25 bits per heavy atom. The molecule has 0 aromatic carbocycles. The molecule has 0 rings (SSSR count). The number of hydrogen-bond donors (Lipinski definition) is 0. The lowest BCUT2D eigenvalue weighted by Crippen LogP contribution is -1.89. The van der Waals surface area contributed by atoms with Crippen molar-refractivity contribution in [3.63, 3.8) is 0 Å². The van der Waals surface area contributed by atoms with Crippen molar-refractivity contribution in [1.82, 2.24) is 0 Å². The normalized spacial score (nSPS) is 10.6. The average molecular weight is 244 g/mol. The first-order valence-corrected chi connectivity index (χ1v) is 8.10. The van der Waals surface area contributed by atoms with Crippen molar-refractivity contribution in [2.24, 2.45) is 0 Å². The molecule has 0 aliphatic heterocycles. The van der Waals surface area contributed by atoms with Gasteiger partial charge in [0.2, 0.25) is 0 Å². The molecule has 0 spiro atoms. The van der Waals surface area contributed by atoms with Crippen molar-refractivity contribution in [3.8, 4) is 0 Å². The van der Waals surface area contributed by atoms with Gasteiger partial charge in [-0.15, -0.1) is 0 Å². The van der Waals surface area contributed by atoms with Crippen LogP contribution in [0, 0.1) is 0 Å². The van der Waals surface area contributed by atoms with E-state index in [1.165, 1.54) is 69.5 Å². The van der Waals surface area contributed by atoms with Gasteiger partial charge in [0.25, 0.3) is 0 Å². The first-order valence-electron chi connectivity index (χ1n) is 6.88. The summed E-state index contributed by atoms with van der Waals surface area (Å²) < 4.78 is 0. The second-order valence-corrected chi connectivity index (χ2v) is 5.37. The third-order valence-corrected chi connectivity index (χ3v) is 3.62. The van der Waals surface area contributed by atoms with E-state index in [2.05, 4.69) is 6.92 Å². The third kappa shape index (κ3) is 12.1. The van der Waals surface area contributed by atoms with E-state index < -0.39 is 0 Å². The minimum atomic E-state index is 0.347. The predicted octanol–water partition coefficient (Wildman–Crippen LogP) is 5.19. The SMILES string of the molecule is CCCCCCCCCCCCC(=O)SC. The molecule has 0 aliphatic carbocycles. The molecular formula is C14H28OS. The average Bonchev–Trinajstić information content (AvgIpc) is 2.31. The zero-order valence-corrected chi connectivity index (χ0v) is 11.9. The molecule has 0 aliphatic rings. The molecule has 0 fully saturated rings. The predicted molar refractivity (Wildman–Crippen MR) is 75.0 cm³/mol.